The Hall–Kier alpha value is -2.25. The van der Waals surface area contributed by atoms with E-state index in [1.54, 1.807) is 12.1 Å². The maximum Gasteiger partial charge on any atom is 0.244 e. The second kappa shape index (κ2) is 8.84. The molecule has 28 heavy (non-hydrogen) atoms. The predicted molar refractivity (Wildman–Crippen MR) is 113 cm³/mol. The topological polar surface area (TPSA) is 75.7 Å². The second-order valence-electron chi connectivity index (χ2n) is 6.69. The van der Waals surface area contributed by atoms with Gasteiger partial charge in [0.1, 0.15) is 11.8 Å². The Morgan fingerprint density at radius 1 is 1.14 bits per heavy atom. The van der Waals surface area contributed by atoms with Crippen LogP contribution in [0.1, 0.15) is 31.0 Å². The number of aryl methyl sites for hydroxylation is 1. The molecule has 0 unspecified atom stereocenters. The molecule has 0 saturated heterocycles. The Bertz CT molecular complexity index is 945. The fraction of sp³-hybridized carbons (Fsp3) is 0.350. The molecule has 1 N–H and O–H groups in total. The van der Waals surface area contributed by atoms with Crippen LogP contribution in [0.15, 0.2) is 42.5 Å². The summed E-state index contributed by atoms with van der Waals surface area (Å²) in [4.78, 5) is 12.8. The number of nitrogens with zero attached hydrogens (tertiary/aromatic N) is 1. The summed E-state index contributed by atoms with van der Waals surface area (Å²) < 4.78 is 31.3. The summed E-state index contributed by atoms with van der Waals surface area (Å²) in [7, 11) is -2.36. The van der Waals surface area contributed by atoms with Crippen LogP contribution in [0, 0.1) is 6.92 Å². The first-order valence-corrected chi connectivity index (χ1v) is 11.0. The summed E-state index contributed by atoms with van der Waals surface area (Å²) in [6.45, 7) is 5.36. The number of rotatable bonds is 7. The quantitative estimate of drug-likeness (QED) is 0.735. The molecule has 0 aliphatic carbocycles. The van der Waals surface area contributed by atoms with Gasteiger partial charge in [-0.05, 0) is 44.5 Å². The number of ether oxygens (including phenoxy) is 1. The van der Waals surface area contributed by atoms with Gasteiger partial charge < -0.3 is 10.1 Å². The minimum absolute atomic E-state index is 0.211. The molecule has 0 spiro atoms. The van der Waals surface area contributed by atoms with Gasteiger partial charge in [-0.15, -0.1) is 0 Å². The van der Waals surface area contributed by atoms with Gasteiger partial charge >= 0.3 is 0 Å². The molecule has 6 nitrogen and oxygen atoms in total. The molecule has 0 heterocycles. The molecule has 0 fully saturated rings. The highest BCUT2D eigenvalue weighted by Gasteiger charge is 2.32. The van der Waals surface area contributed by atoms with Crippen molar-refractivity contribution < 1.29 is 17.9 Å². The average molecular weight is 425 g/mol. The van der Waals surface area contributed by atoms with E-state index in [9.17, 15) is 13.2 Å². The molecule has 1 amide bonds. The van der Waals surface area contributed by atoms with Crippen LogP contribution in [0.5, 0.6) is 5.75 Å². The molecule has 0 aliphatic rings. The second-order valence-corrected chi connectivity index (χ2v) is 8.99. The lowest BCUT2D eigenvalue weighted by atomic mass is 10.1. The van der Waals surface area contributed by atoms with Gasteiger partial charge in [-0.2, -0.15) is 0 Å². The third kappa shape index (κ3) is 5.17. The minimum Gasteiger partial charge on any atom is -0.495 e. The van der Waals surface area contributed by atoms with E-state index in [2.05, 4.69) is 5.32 Å². The number of nitrogens with one attached hydrogen (secondary N) is 1. The molecule has 8 heteroatoms. The first-order chi connectivity index (χ1) is 13.0. The summed E-state index contributed by atoms with van der Waals surface area (Å²) in [5, 5.41) is 3.21. The van der Waals surface area contributed by atoms with Gasteiger partial charge in [-0.1, -0.05) is 41.4 Å². The molecule has 0 radical (unpaired) electrons. The van der Waals surface area contributed by atoms with Crippen molar-refractivity contribution in [2.24, 2.45) is 0 Å². The third-order valence-electron chi connectivity index (χ3n) is 4.40. The minimum atomic E-state index is -3.78. The highest BCUT2D eigenvalue weighted by molar-refractivity contribution is 7.92. The molecule has 2 aromatic rings. The SMILES string of the molecule is COc1ccc(Cl)cc1N([C@@H](C)C(=O)N[C@H](C)c1ccc(C)cc1)S(C)(=O)=O. The molecular formula is C20H25ClN2O4S. The summed E-state index contributed by atoms with van der Waals surface area (Å²) in [6, 6.07) is 11.1. The average Bonchev–Trinajstić information content (AvgIpc) is 2.61. The van der Waals surface area contributed by atoms with Crippen molar-refractivity contribution in [2.75, 3.05) is 17.7 Å². The summed E-state index contributed by atoms with van der Waals surface area (Å²) in [5.41, 5.74) is 2.26. The lowest BCUT2D eigenvalue weighted by Crippen LogP contribution is -2.48. The van der Waals surface area contributed by atoms with E-state index in [-0.39, 0.29) is 11.7 Å². The van der Waals surface area contributed by atoms with Gasteiger partial charge in [0.05, 0.1) is 25.1 Å². The number of halogens is 1. The smallest absolute Gasteiger partial charge is 0.244 e. The number of benzene rings is 2. The van der Waals surface area contributed by atoms with E-state index >= 15 is 0 Å². The molecule has 0 aromatic heterocycles. The van der Waals surface area contributed by atoms with E-state index in [1.165, 1.54) is 20.1 Å². The van der Waals surface area contributed by atoms with Crippen molar-refractivity contribution in [3.8, 4) is 5.75 Å². The number of methoxy groups -OCH3 is 1. The van der Waals surface area contributed by atoms with Crippen molar-refractivity contribution >= 4 is 33.2 Å². The number of carbonyl (C=O) groups is 1. The third-order valence-corrected chi connectivity index (χ3v) is 5.87. The van der Waals surface area contributed by atoms with Gasteiger partial charge in [-0.3, -0.25) is 9.10 Å². The summed E-state index contributed by atoms with van der Waals surface area (Å²) in [5.74, 6) is -0.124. The van der Waals surface area contributed by atoms with Crippen LogP contribution in [-0.2, 0) is 14.8 Å². The van der Waals surface area contributed by atoms with Gasteiger partial charge in [0.15, 0.2) is 0 Å². The lowest BCUT2D eigenvalue weighted by molar-refractivity contribution is -0.122. The highest BCUT2D eigenvalue weighted by atomic mass is 35.5. The number of amides is 1. The van der Waals surface area contributed by atoms with E-state index in [1.807, 2.05) is 38.1 Å². The largest absolute Gasteiger partial charge is 0.495 e. The van der Waals surface area contributed by atoms with Gasteiger partial charge in [0, 0.05) is 5.02 Å². The Balaban J connectivity index is 2.33. The predicted octanol–water partition coefficient (Wildman–Crippen LogP) is 3.69. The number of carbonyl (C=O) groups excluding carboxylic acids is 1. The van der Waals surface area contributed by atoms with Crippen molar-refractivity contribution in [3.63, 3.8) is 0 Å². The zero-order valence-corrected chi connectivity index (χ0v) is 18.1. The van der Waals surface area contributed by atoms with Crippen molar-refractivity contribution in [1.82, 2.24) is 5.32 Å². The van der Waals surface area contributed by atoms with E-state index < -0.39 is 22.0 Å². The molecule has 2 rings (SSSR count). The Morgan fingerprint density at radius 3 is 2.29 bits per heavy atom. The fourth-order valence-corrected chi connectivity index (χ4v) is 4.23. The molecule has 0 saturated carbocycles. The number of hydrogen-bond donors (Lipinski definition) is 1. The van der Waals surface area contributed by atoms with Crippen LogP contribution < -0.4 is 14.4 Å². The Labute approximate surface area is 171 Å². The standard InChI is InChI=1S/C20H25ClN2O4S/c1-13-6-8-16(9-7-13)14(2)22-20(24)15(3)23(28(5,25)26)18-12-17(21)10-11-19(18)27-4/h6-12,14-15H,1-5H3,(H,22,24)/t14-,15+/m1/s1. The van der Waals surface area contributed by atoms with Crippen molar-refractivity contribution in [3.05, 3.63) is 58.6 Å². The maximum atomic E-state index is 12.8. The van der Waals surface area contributed by atoms with Gasteiger partial charge in [0.25, 0.3) is 0 Å². The van der Waals surface area contributed by atoms with Crippen LogP contribution in [-0.4, -0.2) is 33.7 Å². The molecule has 2 aromatic carbocycles. The number of sulfonamides is 1. The van der Waals surface area contributed by atoms with Crippen LogP contribution in [0.4, 0.5) is 5.69 Å². The first kappa shape index (κ1) is 22.0. The van der Waals surface area contributed by atoms with Crippen molar-refractivity contribution in [2.45, 2.75) is 32.9 Å². The van der Waals surface area contributed by atoms with Gasteiger partial charge in [0.2, 0.25) is 15.9 Å². The van der Waals surface area contributed by atoms with Crippen LogP contribution in [0.3, 0.4) is 0 Å². The van der Waals surface area contributed by atoms with Gasteiger partial charge in [-0.25, -0.2) is 8.42 Å². The van der Waals surface area contributed by atoms with E-state index in [0.717, 1.165) is 21.7 Å². The summed E-state index contributed by atoms with van der Waals surface area (Å²) in [6.07, 6.45) is 1.04. The van der Waals surface area contributed by atoms with Crippen LogP contribution in [0.25, 0.3) is 0 Å². The Kier molecular flexibility index (Phi) is 6.96. The highest BCUT2D eigenvalue weighted by Crippen LogP contribution is 2.34. The number of anilines is 1. The fourth-order valence-electron chi connectivity index (χ4n) is 2.89. The van der Waals surface area contributed by atoms with E-state index in [0.29, 0.717) is 10.8 Å². The molecule has 0 aliphatic heterocycles. The van der Waals surface area contributed by atoms with Crippen molar-refractivity contribution in [1.29, 1.82) is 0 Å². The summed E-state index contributed by atoms with van der Waals surface area (Å²) >= 11 is 6.05. The molecule has 0 bridgehead atoms. The zero-order valence-electron chi connectivity index (χ0n) is 16.6. The monoisotopic (exact) mass is 424 g/mol. The molecule has 2 atom stereocenters. The van der Waals surface area contributed by atoms with Crippen LogP contribution >= 0.6 is 11.6 Å². The Morgan fingerprint density at radius 2 is 1.75 bits per heavy atom. The zero-order chi connectivity index (χ0) is 21.1. The normalized spacial score (nSPS) is 13.5. The molecule has 152 valence electrons. The molecular weight excluding hydrogens is 400 g/mol. The van der Waals surface area contributed by atoms with Crippen LogP contribution in [0.2, 0.25) is 5.02 Å². The first-order valence-electron chi connectivity index (χ1n) is 8.74. The lowest BCUT2D eigenvalue weighted by Gasteiger charge is -2.30. The number of hydrogen-bond acceptors (Lipinski definition) is 4. The van der Waals surface area contributed by atoms with E-state index in [4.69, 9.17) is 16.3 Å². The maximum absolute atomic E-state index is 12.8.